The Morgan fingerprint density at radius 3 is 2.33 bits per heavy atom. The van der Waals surface area contributed by atoms with E-state index in [9.17, 15) is 18.0 Å². The lowest BCUT2D eigenvalue weighted by Crippen LogP contribution is -2.35. The van der Waals surface area contributed by atoms with Crippen molar-refractivity contribution >= 4 is 61.0 Å². The number of rotatable bonds is 5. The number of thioether (sulfide) groups is 1. The molecule has 1 aromatic heterocycles. The fraction of sp³-hybridized carbons (Fsp3) is 0.231. The van der Waals surface area contributed by atoms with Crippen LogP contribution in [-0.2, 0) is 21.5 Å². The van der Waals surface area contributed by atoms with E-state index in [0.29, 0.717) is 0 Å². The van der Waals surface area contributed by atoms with Crippen molar-refractivity contribution in [1.29, 1.82) is 0 Å². The summed E-state index contributed by atoms with van der Waals surface area (Å²) in [5.74, 6) is 0.101. The van der Waals surface area contributed by atoms with Crippen molar-refractivity contribution in [3.05, 3.63) is 81.5 Å². The molecule has 0 atom stereocenters. The van der Waals surface area contributed by atoms with Crippen molar-refractivity contribution in [2.45, 2.75) is 30.8 Å². The highest BCUT2D eigenvalue weighted by atomic mass is 32.2. The lowest BCUT2D eigenvalue weighted by atomic mass is 9.86. The van der Waals surface area contributed by atoms with E-state index in [1.54, 1.807) is 23.1 Å². The van der Waals surface area contributed by atoms with Crippen LogP contribution in [0.5, 0.6) is 0 Å². The van der Waals surface area contributed by atoms with Crippen molar-refractivity contribution in [1.82, 2.24) is 5.32 Å². The van der Waals surface area contributed by atoms with Crippen LogP contribution in [0.3, 0.4) is 0 Å². The maximum absolute atomic E-state index is 13.2. The second-order valence-electron chi connectivity index (χ2n) is 8.27. The Morgan fingerprint density at radius 2 is 1.72 bits per heavy atom. The minimum Gasteiger partial charge on any atom is -0.741 e. The van der Waals surface area contributed by atoms with E-state index in [1.165, 1.54) is 20.8 Å². The summed E-state index contributed by atoms with van der Waals surface area (Å²) in [6.07, 6.45) is 4.08. The van der Waals surface area contributed by atoms with Gasteiger partial charge in [-0.2, -0.15) is 17.7 Å². The predicted molar refractivity (Wildman–Crippen MR) is 146 cm³/mol. The second kappa shape index (κ2) is 11.2. The minimum absolute atomic E-state index is 0.101. The number of aromatic nitrogens is 1. The van der Waals surface area contributed by atoms with E-state index in [-0.39, 0.29) is 5.78 Å². The molecule has 206 valence electrons. The Kier molecular flexibility index (Phi) is 8.26. The van der Waals surface area contributed by atoms with Crippen LogP contribution in [0.25, 0.3) is 16.3 Å². The number of aryl methyl sites for hydroxylation is 1. The molecule has 0 bridgehead atoms. The van der Waals surface area contributed by atoms with Crippen molar-refractivity contribution < 1.29 is 35.5 Å². The summed E-state index contributed by atoms with van der Waals surface area (Å²) in [5.41, 5.74) is -0.787. The van der Waals surface area contributed by atoms with Crippen LogP contribution in [0.15, 0.2) is 81.4 Å². The molecule has 0 radical (unpaired) electrons. The third kappa shape index (κ3) is 5.62. The number of benzene rings is 2. The number of likely N-dealkylation sites (N-methyl/N-ethyl adjacent to an activating group) is 1. The van der Waals surface area contributed by atoms with Gasteiger partial charge in [0.25, 0.3) is 5.01 Å². The van der Waals surface area contributed by atoms with Gasteiger partial charge in [-0.15, -0.1) is 0 Å². The lowest BCUT2D eigenvalue weighted by Gasteiger charge is -2.25. The first-order valence-electron chi connectivity index (χ1n) is 11.8. The number of carbonyl (C=O) groups excluding carboxylic acids is 1. The van der Waals surface area contributed by atoms with Gasteiger partial charge in [-0.05, 0) is 38.1 Å². The van der Waals surface area contributed by atoms with Gasteiger partial charge in [0.2, 0.25) is 5.52 Å². The molecule has 13 heteroatoms. The lowest BCUT2D eigenvalue weighted by molar-refractivity contribution is -0.665. The number of anilines is 1. The van der Waals surface area contributed by atoms with Crippen molar-refractivity contribution in [2.24, 2.45) is 0 Å². The zero-order valence-electron chi connectivity index (χ0n) is 21.1. The zero-order chi connectivity index (χ0) is 28.5. The number of halogens is 3. The number of carbonyl (C=O) groups is 1. The molecule has 7 nitrogen and oxygen atoms in total. The summed E-state index contributed by atoms with van der Waals surface area (Å²) >= 11 is 3.45. The number of nitrogens with zero attached hydrogens (tertiary/aromatic N) is 2. The first-order valence-corrected chi connectivity index (χ1v) is 14.8. The van der Waals surface area contributed by atoms with Gasteiger partial charge in [0.1, 0.15) is 11.2 Å². The van der Waals surface area contributed by atoms with Crippen LogP contribution < -0.4 is 14.8 Å². The molecule has 3 aromatic rings. The number of hydrogen-bond acceptors (Lipinski definition) is 8. The molecule has 2 heterocycles. The SMILES string of the molecule is CCN1C(=CC2=C(NC)C(=Cc3sc4ccccc4[n+]3CC)C2=O)Sc2ccccc21.O=S(=O)([O-])C(F)(F)F. The quantitative estimate of drug-likeness (QED) is 0.188. The molecule has 0 spiro atoms. The van der Waals surface area contributed by atoms with E-state index in [4.69, 9.17) is 13.0 Å². The molecule has 0 fully saturated rings. The highest BCUT2D eigenvalue weighted by molar-refractivity contribution is 8.03. The molecule has 0 amide bonds. The largest absolute Gasteiger partial charge is 0.741 e. The molecule has 0 saturated heterocycles. The highest BCUT2D eigenvalue weighted by Crippen LogP contribution is 2.47. The van der Waals surface area contributed by atoms with Crippen LogP contribution in [-0.4, -0.2) is 37.9 Å². The van der Waals surface area contributed by atoms with Gasteiger partial charge in [-0.1, -0.05) is 47.4 Å². The van der Waals surface area contributed by atoms with Gasteiger partial charge in [0.15, 0.2) is 15.9 Å². The maximum atomic E-state index is 13.2. The van der Waals surface area contributed by atoms with Crippen molar-refractivity contribution in [3.63, 3.8) is 0 Å². The molecule has 1 N–H and O–H groups in total. The number of nitrogens with one attached hydrogen (secondary N) is 1. The standard InChI is InChI=1S/C25H23N3OS2.CHF3O3S/c1-4-27-18-10-6-8-12-20(18)30-22(27)14-16-24(26-3)17(25(16)29)15-23-28(5-2)19-11-7-9-13-21(19)31-23;2-1(3,4)8(5,6)7/h6-15H,4-5H2,1-3H3;(H,5,6,7). The molecular weight excluding hydrogens is 571 g/mol. The van der Waals surface area contributed by atoms with E-state index in [2.05, 4.69) is 77.2 Å². The Hall–Kier alpha value is -3.13. The van der Waals surface area contributed by atoms with Crippen LogP contribution in [0.2, 0.25) is 0 Å². The zero-order valence-corrected chi connectivity index (χ0v) is 23.5. The maximum Gasteiger partial charge on any atom is 0.485 e. The summed E-state index contributed by atoms with van der Waals surface area (Å²) < 4.78 is 62.4. The summed E-state index contributed by atoms with van der Waals surface area (Å²) in [4.78, 5) is 16.7. The normalized spacial score (nSPS) is 17.4. The average Bonchev–Trinajstić information content (AvgIpc) is 3.43. The summed E-state index contributed by atoms with van der Waals surface area (Å²) in [6.45, 7) is 6.02. The molecule has 1 aliphatic carbocycles. The van der Waals surface area contributed by atoms with Crippen LogP contribution >= 0.6 is 23.1 Å². The Labute approximate surface area is 232 Å². The summed E-state index contributed by atoms with van der Waals surface area (Å²) in [7, 11) is -4.20. The number of alkyl halides is 3. The summed E-state index contributed by atoms with van der Waals surface area (Å²) in [5, 5.41) is 5.47. The monoisotopic (exact) mass is 595 g/mol. The molecule has 0 unspecified atom stereocenters. The fourth-order valence-electron chi connectivity index (χ4n) is 4.22. The number of fused-ring (bicyclic) bond motifs is 2. The summed E-state index contributed by atoms with van der Waals surface area (Å²) in [6, 6.07) is 16.8. The number of allylic oxidation sites excluding steroid dienone is 3. The third-order valence-corrected chi connectivity index (χ3v) is 8.79. The molecule has 39 heavy (non-hydrogen) atoms. The van der Waals surface area contributed by atoms with Crippen LogP contribution in [0.1, 0.15) is 18.9 Å². The molecule has 1 aliphatic heterocycles. The van der Waals surface area contributed by atoms with Gasteiger partial charge in [-0.3, -0.25) is 4.79 Å². The molecule has 5 rings (SSSR count). The number of Topliss-reactive ketones (excluding diaryl/α,β-unsaturated/α-hetero) is 1. The van der Waals surface area contributed by atoms with Gasteiger partial charge < -0.3 is 14.8 Å². The van der Waals surface area contributed by atoms with E-state index in [0.717, 1.165) is 40.0 Å². The van der Waals surface area contributed by atoms with E-state index >= 15 is 0 Å². The van der Waals surface area contributed by atoms with E-state index < -0.39 is 15.6 Å². The number of para-hydroxylation sites is 2. The third-order valence-electron chi connectivity index (χ3n) is 6.00. The van der Waals surface area contributed by atoms with Gasteiger partial charge in [0, 0.05) is 36.2 Å². The average molecular weight is 596 g/mol. The predicted octanol–water partition coefficient (Wildman–Crippen LogP) is 5.17. The van der Waals surface area contributed by atoms with Crippen LogP contribution in [0.4, 0.5) is 18.9 Å². The number of thiazole rings is 1. The van der Waals surface area contributed by atoms with Gasteiger partial charge >= 0.3 is 5.51 Å². The molecule has 0 saturated carbocycles. The molecule has 2 aliphatic rings. The first-order chi connectivity index (χ1) is 18.4. The van der Waals surface area contributed by atoms with Gasteiger partial charge in [-0.25, -0.2) is 8.42 Å². The van der Waals surface area contributed by atoms with Gasteiger partial charge in [0.05, 0.1) is 22.0 Å². The Bertz CT molecular complexity index is 1640. The van der Waals surface area contributed by atoms with Crippen molar-refractivity contribution in [2.75, 3.05) is 18.5 Å². The number of hydrogen-bond donors (Lipinski definition) is 1. The van der Waals surface area contributed by atoms with Crippen LogP contribution in [0, 0.1) is 0 Å². The fourth-order valence-corrected chi connectivity index (χ4v) is 6.56. The first kappa shape index (κ1) is 28.9. The minimum atomic E-state index is -6.09. The smallest absolute Gasteiger partial charge is 0.485 e. The van der Waals surface area contributed by atoms with Crippen molar-refractivity contribution in [3.8, 4) is 0 Å². The molecule has 2 aromatic carbocycles. The van der Waals surface area contributed by atoms with E-state index in [1.807, 2.05) is 19.2 Å². The highest BCUT2D eigenvalue weighted by Gasteiger charge is 2.37. The Morgan fingerprint density at radius 1 is 1.08 bits per heavy atom. The Balaban J connectivity index is 0.000000386. The number of ketones is 1. The molecular formula is C26H24F3N3O4S3. The second-order valence-corrected chi connectivity index (χ2v) is 11.8. The topological polar surface area (TPSA) is 93.4 Å².